The highest BCUT2D eigenvalue weighted by molar-refractivity contribution is 9.11. The molecule has 1 rings (SSSR count). The van der Waals surface area contributed by atoms with Gasteiger partial charge in [0.05, 0.1) is 5.69 Å². The van der Waals surface area contributed by atoms with Crippen LogP contribution >= 0.6 is 27.7 Å². The van der Waals surface area contributed by atoms with Gasteiger partial charge in [-0.25, -0.2) is 4.98 Å². The first-order valence-corrected chi connectivity index (χ1v) is 5.14. The van der Waals surface area contributed by atoms with Crippen molar-refractivity contribution in [2.45, 2.75) is 5.03 Å². The van der Waals surface area contributed by atoms with Crippen LogP contribution in [0.4, 0.5) is 5.69 Å². The quantitative estimate of drug-likeness (QED) is 0.832. The molecule has 0 atom stereocenters. The fourth-order valence-electron chi connectivity index (χ4n) is 0.671. The molecule has 0 aliphatic heterocycles. The third-order valence-electron chi connectivity index (χ3n) is 1.17. The highest BCUT2D eigenvalue weighted by Gasteiger charge is 1.99. The molecule has 0 saturated carbocycles. The lowest BCUT2D eigenvalue weighted by Crippen LogP contribution is -1.91. The number of pyridine rings is 1. The summed E-state index contributed by atoms with van der Waals surface area (Å²) in [5.74, 6) is 0.793. The summed E-state index contributed by atoms with van der Waals surface area (Å²) in [6.45, 7) is 3.73. The minimum atomic E-state index is 0.719. The highest BCUT2D eigenvalue weighted by Crippen LogP contribution is 2.24. The zero-order valence-corrected chi connectivity index (χ0v) is 8.86. The molecule has 0 aliphatic rings. The second-order valence-corrected chi connectivity index (χ2v) is 4.29. The summed E-state index contributed by atoms with van der Waals surface area (Å²) in [6, 6.07) is 3.66. The molecule has 0 aromatic carbocycles. The summed E-state index contributed by atoms with van der Waals surface area (Å²) in [5, 5.41) is 0.859. The van der Waals surface area contributed by atoms with Crippen LogP contribution in [-0.4, -0.2) is 10.7 Å². The summed E-state index contributed by atoms with van der Waals surface area (Å²) in [7, 11) is 0. The Labute approximate surface area is 84.4 Å². The van der Waals surface area contributed by atoms with E-state index in [0.29, 0.717) is 0 Å². The SMILES string of the molecule is C=C(Br)CSc1ncccc1N. The maximum atomic E-state index is 5.68. The molecule has 0 amide bonds. The molecular weight excluding hydrogens is 236 g/mol. The topological polar surface area (TPSA) is 38.9 Å². The van der Waals surface area contributed by atoms with Crippen molar-refractivity contribution in [1.82, 2.24) is 4.98 Å². The number of hydrogen-bond acceptors (Lipinski definition) is 3. The third kappa shape index (κ3) is 2.87. The second kappa shape index (κ2) is 4.52. The third-order valence-corrected chi connectivity index (χ3v) is 2.92. The molecule has 4 heteroatoms. The normalized spacial score (nSPS) is 9.75. The van der Waals surface area contributed by atoms with Gasteiger partial charge in [0.1, 0.15) is 5.03 Å². The Bertz CT molecular complexity index is 288. The molecule has 0 saturated heterocycles. The van der Waals surface area contributed by atoms with Crippen LogP contribution in [0.3, 0.4) is 0 Å². The lowest BCUT2D eigenvalue weighted by Gasteiger charge is -2.01. The van der Waals surface area contributed by atoms with E-state index < -0.39 is 0 Å². The van der Waals surface area contributed by atoms with Crippen LogP contribution in [0.25, 0.3) is 0 Å². The van der Waals surface area contributed by atoms with Crippen molar-refractivity contribution in [3.05, 3.63) is 29.4 Å². The Morgan fingerprint density at radius 1 is 1.75 bits per heavy atom. The van der Waals surface area contributed by atoms with Crippen molar-refractivity contribution < 1.29 is 0 Å². The molecule has 0 radical (unpaired) electrons. The first-order chi connectivity index (χ1) is 5.70. The summed E-state index contributed by atoms with van der Waals surface area (Å²) in [6.07, 6.45) is 1.73. The number of anilines is 1. The minimum Gasteiger partial charge on any atom is -0.397 e. The fourth-order valence-corrected chi connectivity index (χ4v) is 1.68. The molecular formula is C8H9BrN2S. The molecule has 0 aliphatic carbocycles. The number of rotatable bonds is 3. The highest BCUT2D eigenvalue weighted by atomic mass is 79.9. The number of halogens is 1. The van der Waals surface area contributed by atoms with Crippen LogP contribution in [0.1, 0.15) is 0 Å². The standard InChI is InChI=1S/C8H9BrN2S/c1-6(9)5-12-8-7(10)3-2-4-11-8/h2-4H,1,5,10H2. The van der Waals surface area contributed by atoms with Crippen molar-refractivity contribution in [1.29, 1.82) is 0 Å². The number of nitrogens with zero attached hydrogens (tertiary/aromatic N) is 1. The van der Waals surface area contributed by atoms with Crippen molar-refractivity contribution in [2.24, 2.45) is 0 Å². The Morgan fingerprint density at radius 3 is 3.08 bits per heavy atom. The predicted octanol–water partition coefficient (Wildman–Crippen LogP) is 2.66. The first-order valence-electron chi connectivity index (χ1n) is 3.36. The zero-order valence-electron chi connectivity index (χ0n) is 6.46. The van der Waals surface area contributed by atoms with Crippen LogP contribution in [0.2, 0.25) is 0 Å². The molecule has 12 heavy (non-hydrogen) atoms. The summed E-state index contributed by atoms with van der Waals surface area (Å²) < 4.78 is 0.942. The van der Waals surface area contributed by atoms with E-state index in [0.717, 1.165) is 20.9 Å². The van der Waals surface area contributed by atoms with Gasteiger partial charge in [0.2, 0.25) is 0 Å². The van der Waals surface area contributed by atoms with E-state index in [1.165, 1.54) is 0 Å². The van der Waals surface area contributed by atoms with Gasteiger partial charge in [-0.1, -0.05) is 34.3 Å². The van der Waals surface area contributed by atoms with E-state index >= 15 is 0 Å². The first kappa shape index (κ1) is 9.61. The van der Waals surface area contributed by atoms with Gasteiger partial charge in [0.15, 0.2) is 0 Å². The summed E-state index contributed by atoms with van der Waals surface area (Å²) in [5.41, 5.74) is 6.40. The van der Waals surface area contributed by atoms with E-state index in [1.807, 2.05) is 12.1 Å². The van der Waals surface area contributed by atoms with E-state index in [-0.39, 0.29) is 0 Å². The Kier molecular flexibility index (Phi) is 3.62. The van der Waals surface area contributed by atoms with Gasteiger partial charge in [-0.15, -0.1) is 0 Å². The van der Waals surface area contributed by atoms with E-state index in [1.54, 1.807) is 18.0 Å². The number of nitrogens with two attached hydrogens (primary N) is 1. The van der Waals surface area contributed by atoms with E-state index in [9.17, 15) is 0 Å². The van der Waals surface area contributed by atoms with Crippen LogP contribution < -0.4 is 5.73 Å². The van der Waals surface area contributed by atoms with Crippen molar-refractivity contribution in [2.75, 3.05) is 11.5 Å². The predicted molar refractivity (Wildman–Crippen MR) is 57.4 cm³/mol. The largest absolute Gasteiger partial charge is 0.397 e. The van der Waals surface area contributed by atoms with Crippen molar-refractivity contribution >= 4 is 33.4 Å². The van der Waals surface area contributed by atoms with Gasteiger partial charge in [-0.2, -0.15) is 0 Å². The van der Waals surface area contributed by atoms with Gasteiger partial charge in [-0.3, -0.25) is 0 Å². The van der Waals surface area contributed by atoms with E-state index in [4.69, 9.17) is 5.73 Å². The Balaban J connectivity index is 2.63. The fraction of sp³-hybridized carbons (Fsp3) is 0.125. The van der Waals surface area contributed by atoms with Gasteiger partial charge in [-0.05, 0) is 16.6 Å². The van der Waals surface area contributed by atoms with Gasteiger partial charge in [0, 0.05) is 11.9 Å². The molecule has 2 N–H and O–H groups in total. The van der Waals surface area contributed by atoms with Gasteiger partial charge < -0.3 is 5.73 Å². The molecule has 2 nitrogen and oxygen atoms in total. The minimum absolute atomic E-state index is 0.719. The van der Waals surface area contributed by atoms with Gasteiger partial charge >= 0.3 is 0 Å². The monoisotopic (exact) mass is 244 g/mol. The Hall–Kier alpha value is -0.480. The number of nitrogen functional groups attached to an aromatic ring is 1. The maximum Gasteiger partial charge on any atom is 0.119 e. The molecule has 1 aromatic rings. The molecule has 0 fully saturated rings. The number of thioether (sulfide) groups is 1. The van der Waals surface area contributed by atoms with Crippen LogP contribution in [0.5, 0.6) is 0 Å². The smallest absolute Gasteiger partial charge is 0.119 e. The molecule has 0 spiro atoms. The molecule has 64 valence electrons. The van der Waals surface area contributed by atoms with Crippen LogP contribution in [0, 0.1) is 0 Å². The maximum absolute atomic E-state index is 5.68. The summed E-state index contributed by atoms with van der Waals surface area (Å²) in [4.78, 5) is 4.13. The molecule has 0 unspecified atom stereocenters. The molecule has 0 bridgehead atoms. The lowest BCUT2D eigenvalue weighted by atomic mass is 10.4. The summed E-state index contributed by atoms with van der Waals surface area (Å²) >= 11 is 4.85. The van der Waals surface area contributed by atoms with E-state index in [2.05, 4.69) is 27.5 Å². The van der Waals surface area contributed by atoms with Crippen LogP contribution in [0.15, 0.2) is 34.4 Å². The second-order valence-electron chi connectivity index (χ2n) is 2.20. The van der Waals surface area contributed by atoms with Crippen molar-refractivity contribution in [3.63, 3.8) is 0 Å². The van der Waals surface area contributed by atoms with Crippen molar-refractivity contribution in [3.8, 4) is 0 Å². The Morgan fingerprint density at radius 2 is 2.50 bits per heavy atom. The van der Waals surface area contributed by atoms with Crippen LogP contribution in [-0.2, 0) is 0 Å². The average Bonchev–Trinajstić information content (AvgIpc) is 2.03. The number of hydrogen-bond donors (Lipinski definition) is 1. The van der Waals surface area contributed by atoms with Gasteiger partial charge in [0.25, 0.3) is 0 Å². The lowest BCUT2D eigenvalue weighted by molar-refractivity contribution is 1.14. The number of aromatic nitrogens is 1. The molecule has 1 aromatic heterocycles. The average molecular weight is 245 g/mol. The zero-order chi connectivity index (χ0) is 8.97. The molecule has 1 heterocycles.